The Balaban J connectivity index is 2.57. The van der Waals surface area contributed by atoms with E-state index in [9.17, 15) is 0 Å². The van der Waals surface area contributed by atoms with E-state index in [-0.39, 0.29) is 6.04 Å². The molecule has 0 spiro atoms. The lowest BCUT2D eigenvalue weighted by atomic mass is 10.1. The number of rotatable bonds is 7. The van der Waals surface area contributed by atoms with E-state index in [1.54, 1.807) is 0 Å². The summed E-state index contributed by atoms with van der Waals surface area (Å²) in [6.45, 7) is 6.91. The summed E-state index contributed by atoms with van der Waals surface area (Å²) in [6, 6.07) is 8.73. The molecule has 2 nitrogen and oxygen atoms in total. The van der Waals surface area contributed by atoms with Crippen molar-refractivity contribution in [3.05, 3.63) is 42.5 Å². The first kappa shape index (κ1) is 13.8. The van der Waals surface area contributed by atoms with E-state index in [4.69, 9.17) is 5.73 Å². The van der Waals surface area contributed by atoms with Crippen LogP contribution >= 0.6 is 0 Å². The maximum atomic E-state index is 5.99. The lowest BCUT2D eigenvalue weighted by Crippen LogP contribution is -2.18. The molecule has 0 heterocycles. The van der Waals surface area contributed by atoms with E-state index < -0.39 is 0 Å². The highest BCUT2D eigenvalue weighted by Gasteiger charge is 2.04. The van der Waals surface area contributed by atoms with Gasteiger partial charge in [-0.1, -0.05) is 25.1 Å². The molecule has 1 aromatic rings. The fraction of sp³-hybridized carbons (Fsp3) is 0.467. The van der Waals surface area contributed by atoms with Crippen LogP contribution in [-0.2, 0) is 0 Å². The molecule has 0 aliphatic rings. The van der Waals surface area contributed by atoms with Crippen molar-refractivity contribution in [2.24, 2.45) is 5.73 Å². The molecule has 0 amide bonds. The first-order valence-electron chi connectivity index (χ1n) is 6.36. The van der Waals surface area contributed by atoms with Gasteiger partial charge in [0.05, 0.1) is 0 Å². The summed E-state index contributed by atoms with van der Waals surface area (Å²) < 4.78 is 0. The van der Waals surface area contributed by atoms with E-state index in [0.29, 0.717) is 0 Å². The topological polar surface area (TPSA) is 29.3 Å². The third-order valence-electron chi connectivity index (χ3n) is 3.10. The minimum atomic E-state index is 0.162. The summed E-state index contributed by atoms with van der Waals surface area (Å²) in [7, 11) is 2.12. The Labute approximate surface area is 105 Å². The lowest BCUT2D eigenvalue weighted by Gasteiger charge is -2.20. The van der Waals surface area contributed by atoms with E-state index in [1.165, 1.54) is 11.3 Å². The minimum Gasteiger partial charge on any atom is -0.375 e. The molecule has 0 fully saturated rings. The van der Waals surface area contributed by atoms with Crippen LogP contribution in [0.25, 0.3) is 0 Å². The highest BCUT2D eigenvalue weighted by atomic mass is 15.1. The maximum Gasteiger partial charge on any atom is 0.0363 e. The SMILES string of the molecule is C=CCCCN(C)c1ccc([C@@H](N)CC)cc1. The van der Waals surface area contributed by atoms with Crippen molar-refractivity contribution in [2.45, 2.75) is 32.2 Å². The van der Waals surface area contributed by atoms with Crippen LogP contribution in [0.5, 0.6) is 0 Å². The molecule has 0 unspecified atom stereocenters. The van der Waals surface area contributed by atoms with Crippen molar-refractivity contribution in [2.75, 3.05) is 18.5 Å². The van der Waals surface area contributed by atoms with Crippen LogP contribution in [0.3, 0.4) is 0 Å². The third-order valence-corrected chi connectivity index (χ3v) is 3.10. The van der Waals surface area contributed by atoms with Crippen LogP contribution in [0.4, 0.5) is 5.69 Å². The zero-order valence-corrected chi connectivity index (χ0v) is 11.0. The minimum absolute atomic E-state index is 0.162. The number of unbranched alkanes of at least 4 members (excludes halogenated alkanes) is 1. The Morgan fingerprint density at radius 2 is 2.00 bits per heavy atom. The van der Waals surface area contributed by atoms with Crippen molar-refractivity contribution >= 4 is 5.69 Å². The fourth-order valence-corrected chi connectivity index (χ4v) is 1.81. The molecule has 0 radical (unpaired) electrons. The first-order valence-corrected chi connectivity index (χ1v) is 6.36. The van der Waals surface area contributed by atoms with E-state index in [1.807, 2.05) is 6.08 Å². The van der Waals surface area contributed by atoms with Gasteiger partial charge >= 0.3 is 0 Å². The summed E-state index contributed by atoms with van der Waals surface area (Å²) >= 11 is 0. The number of allylic oxidation sites excluding steroid dienone is 1. The summed E-state index contributed by atoms with van der Waals surface area (Å²) in [5.74, 6) is 0. The van der Waals surface area contributed by atoms with E-state index in [2.05, 4.69) is 49.7 Å². The average Bonchev–Trinajstić information content (AvgIpc) is 2.38. The third kappa shape index (κ3) is 4.23. The van der Waals surface area contributed by atoms with Crippen molar-refractivity contribution in [1.29, 1.82) is 0 Å². The number of nitrogens with two attached hydrogens (primary N) is 1. The molecule has 0 saturated carbocycles. The molecule has 1 atom stereocenters. The molecule has 2 N–H and O–H groups in total. The molecule has 0 aliphatic carbocycles. The van der Waals surface area contributed by atoms with Crippen molar-refractivity contribution in [3.63, 3.8) is 0 Å². The second-order valence-corrected chi connectivity index (χ2v) is 4.46. The molecule has 94 valence electrons. The monoisotopic (exact) mass is 232 g/mol. The zero-order chi connectivity index (χ0) is 12.7. The predicted octanol–water partition coefficient (Wildman–Crippen LogP) is 3.50. The lowest BCUT2D eigenvalue weighted by molar-refractivity contribution is 0.698. The second kappa shape index (κ2) is 7.13. The van der Waals surface area contributed by atoms with Crippen LogP contribution in [0, 0.1) is 0 Å². The van der Waals surface area contributed by atoms with Crippen molar-refractivity contribution < 1.29 is 0 Å². The summed E-state index contributed by atoms with van der Waals surface area (Å²) in [4.78, 5) is 2.27. The van der Waals surface area contributed by atoms with Gasteiger partial charge in [-0.3, -0.25) is 0 Å². The Morgan fingerprint density at radius 3 is 2.53 bits per heavy atom. The quantitative estimate of drug-likeness (QED) is 0.576. The van der Waals surface area contributed by atoms with Gasteiger partial charge in [0.2, 0.25) is 0 Å². The molecule has 1 rings (SSSR count). The van der Waals surface area contributed by atoms with Gasteiger partial charge in [-0.05, 0) is 37.0 Å². The van der Waals surface area contributed by atoms with Gasteiger partial charge in [-0.2, -0.15) is 0 Å². The number of anilines is 1. The molecule has 0 saturated heterocycles. The number of nitrogens with zero attached hydrogens (tertiary/aromatic N) is 1. The maximum absolute atomic E-state index is 5.99. The molecular weight excluding hydrogens is 208 g/mol. The van der Waals surface area contributed by atoms with Crippen LogP contribution in [0.1, 0.15) is 37.8 Å². The largest absolute Gasteiger partial charge is 0.375 e. The molecule has 17 heavy (non-hydrogen) atoms. The van der Waals surface area contributed by atoms with Gasteiger partial charge in [0, 0.05) is 25.3 Å². The van der Waals surface area contributed by atoms with Crippen molar-refractivity contribution in [3.8, 4) is 0 Å². The second-order valence-electron chi connectivity index (χ2n) is 4.46. The predicted molar refractivity (Wildman–Crippen MR) is 76.4 cm³/mol. The standard InChI is InChI=1S/C15H24N2/c1-4-6-7-12-17(3)14-10-8-13(9-11-14)15(16)5-2/h4,8-11,15H,1,5-7,12,16H2,2-3H3/t15-/m0/s1. The Bertz CT molecular complexity index is 329. The molecule has 2 heteroatoms. The summed E-state index contributed by atoms with van der Waals surface area (Å²) in [5.41, 5.74) is 8.46. The molecule has 0 aromatic heterocycles. The average molecular weight is 232 g/mol. The summed E-state index contributed by atoms with van der Waals surface area (Å²) in [6.07, 6.45) is 5.17. The fourth-order valence-electron chi connectivity index (χ4n) is 1.81. The molecule has 0 aliphatic heterocycles. The van der Waals surface area contributed by atoms with E-state index >= 15 is 0 Å². The highest BCUT2D eigenvalue weighted by Crippen LogP contribution is 2.19. The molecule has 1 aromatic carbocycles. The summed E-state index contributed by atoms with van der Waals surface area (Å²) in [5, 5.41) is 0. The highest BCUT2D eigenvalue weighted by molar-refractivity contribution is 5.47. The molecular formula is C15H24N2. The zero-order valence-electron chi connectivity index (χ0n) is 11.0. The van der Waals surface area contributed by atoms with Gasteiger partial charge < -0.3 is 10.6 Å². The van der Waals surface area contributed by atoms with Gasteiger partial charge in [-0.15, -0.1) is 6.58 Å². The number of benzene rings is 1. The molecule has 0 bridgehead atoms. The normalized spacial score (nSPS) is 12.2. The van der Waals surface area contributed by atoms with Gasteiger partial charge in [-0.25, -0.2) is 0 Å². The Hall–Kier alpha value is -1.28. The van der Waals surface area contributed by atoms with Gasteiger partial charge in [0.1, 0.15) is 0 Å². The van der Waals surface area contributed by atoms with Crippen LogP contribution < -0.4 is 10.6 Å². The first-order chi connectivity index (χ1) is 8.19. The van der Waals surface area contributed by atoms with Gasteiger partial charge in [0.15, 0.2) is 0 Å². The van der Waals surface area contributed by atoms with Crippen LogP contribution in [0.2, 0.25) is 0 Å². The van der Waals surface area contributed by atoms with Gasteiger partial charge in [0.25, 0.3) is 0 Å². The Kier molecular flexibility index (Phi) is 5.78. The van der Waals surface area contributed by atoms with Crippen molar-refractivity contribution in [1.82, 2.24) is 0 Å². The smallest absolute Gasteiger partial charge is 0.0363 e. The Morgan fingerprint density at radius 1 is 1.35 bits per heavy atom. The number of hydrogen-bond acceptors (Lipinski definition) is 2. The number of hydrogen-bond donors (Lipinski definition) is 1. The van der Waals surface area contributed by atoms with E-state index in [0.717, 1.165) is 25.8 Å². The van der Waals surface area contributed by atoms with Crippen LogP contribution in [0.15, 0.2) is 36.9 Å². The van der Waals surface area contributed by atoms with Crippen LogP contribution in [-0.4, -0.2) is 13.6 Å².